The Morgan fingerprint density at radius 2 is 0.821 bits per heavy atom. The summed E-state index contributed by atoms with van der Waals surface area (Å²) in [4.78, 5) is 0. The van der Waals surface area contributed by atoms with Crippen LogP contribution in [-0.2, 0) is 18.4 Å². The Kier molecular flexibility index (Phi) is 16.0. The average molecular weight is 541 g/mol. The van der Waals surface area contributed by atoms with Crippen LogP contribution in [0.15, 0.2) is 48.5 Å². The summed E-state index contributed by atoms with van der Waals surface area (Å²) in [6.45, 7) is 2.86. The number of hydrogen-bond acceptors (Lipinski definition) is 4. The molecule has 0 amide bonds. The third-order valence-electron chi connectivity index (χ3n) is 8.59. The first-order valence-electron chi connectivity index (χ1n) is 15.8. The van der Waals surface area contributed by atoms with Gasteiger partial charge in [0.1, 0.15) is 5.60 Å². The largest absolute Gasteiger partial charge is 0.395 e. The van der Waals surface area contributed by atoms with Gasteiger partial charge in [-0.15, -0.1) is 0 Å². The fourth-order valence-corrected chi connectivity index (χ4v) is 5.94. The topological polar surface area (TPSA) is 80.9 Å². The predicted octanol–water partition coefficient (Wildman–Crippen LogP) is 7.47. The third kappa shape index (κ3) is 9.14. The normalized spacial score (nSPS) is 12.3. The smallest absolute Gasteiger partial charge is 0.127 e. The van der Waals surface area contributed by atoms with E-state index in [-0.39, 0.29) is 0 Å². The van der Waals surface area contributed by atoms with E-state index in [9.17, 15) is 20.4 Å². The molecule has 2 aromatic carbocycles. The van der Waals surface area contributed by atoms with Gasteiger partial charge >= 0.3 is 0 Å². The van der Waals surface area contributed by atoms with E-state index in [2.05, 4.69) is 13.8 Å². The minimum absolute atomic E-state index is 0.534. The summed E-state index contributed by atoms with van der Waals surface area (Å²) in [5.74, 6) is 0. The monoisotopic (exact) mass is 540 g/mol. The van der Waals surface area contributed by atoms with Crippen LogP contribution in [0.25, 0.3) is 0 Å². The van der Waals surface area contributed by atoms with Gasteiger partial charge in [-0.25, -0.2) is 0 Å². The van der Waals surface area contributed by atoms with Gasteiger partial charge in [-0.3, -0.25) is 0 Å². The molecule has 2 rings (SSSR count). The molecule has 0 atom stereocenters. The Morgan fingerprint density at radius 3 is 1.18 bits per heavy atom. The summed E-state index contributed by atoms with van der Waals surface area (Å²) < 4.78 is 0. The molecule has 0 spiro atoms. The van der Waals surface area contributed by atoms with Crippen molar-refractivity contribution in [2.24, 2.45) is 5.41 Å². The molecule has 220 valence electrons. The molecule has 0 bridgehead atoms. The van der Waals surface area contributed by atoms with Crippen LogP contribution >= 0.6 is 0 Å². The maximum absolute atomic E-state index is 12.7. The van der Waals surface area contributed by atoms with Crippen LogP contribution in [0.5, 0.6) is 0 Å². The van der Waals surface area contributed by atoms with Gasteiger partial charge in [0.05, 0.1) is 25.2 Å². The zero-order valence-corrected chi connectivity index (χ0v) is 24.8. The summed E-state index contributed by atoms with van der Waals surface area (Å²) in [6.07, 6.45) is 18.5. The first kappa shape index (κ1) is 33.5. The van der Waals surface area contributed by atoms with Crippen molar-refractivity contribution >= 4 is 0 Å². The molecule has 0 aliphatic heterocycles. The molecular formula is C35H56O4. The van der Waals surface area contributed by atoms with Crippen LogP contribution in [0.3, 0.4) is 0 Å². The van der Waals surface area contributed by atoms with Crippen molar-refractivity contribution in [3.63, 3.8) is 0 Å². The Labute approximate surface area is 238 Å². The molecule has 0 heterocycles. The van der Waals surface area contributed by atoms with E-state index in [1.54, 1.807) is 0 Å². The van der Waals surface area contributed by atoms with Crippen LogP contribution < -0.4 is 0 Å². The van der Waals surface area contributed by atoms with Crippen molar-refractivity contribution in [2.45, 2.75) is 122 Å². The molecule has 2 aromatic rings. The number of unbranched alkanes of at least 4 members (excludes halogenated alkanes) is 12. The fourth-order valence-electron chi connectivity index (χ4n) is 5.94. The van der Waals surface area contributed by atoms with Crippen molar-refractivity contribution in [1.29, 1.82) is 0 Å². The highest BCUT2D eigenvalue weighted by molar-refractivity contribution is 5.47. The molecule has 4 N–H and O–H groups in total. The third-order valence-corrected chi connectivity index (χ3v) is 8.59. The van der Waals surface area contributed by atoms with Crippen LogP contribution in [0.4, 0.5) is 0 Å². The molecule has 0 aromatic heterocycles. The molecule has 39 heavy (non-hydrogen) atoms. The van der Waals surface area contributed by atoms with Crippen molar-refractivity contribution in [3.05, 3.63) is 70.8 Å². The van der Waals surface area contributed by atoms with E-state index in [1.165, 1.54) is 64.2 Å². The minimum atomic E-state index is -1.74. The zero-order chi connectivity index (χ0) is 28.4. The van der Waals surface area contributed by atoms with Gasteiger partial charge in [0, 0.05) is 0 Å². The number of aliphatic hydroxyl groups excluding tert-OH is 3. The lowest BCUT2D eigenvalue weighted by molar-refractivity contribution is -0.136. The molecule has 4 heteroatoms. The lowest BCUT2D eigenvalue weighted by Gasteiger charge is -2.46. The predicted molar refractivity (Wildman–Crippen MR) is 163 cm³/mol. The van der Waals surface area contributed by atoms with Gasteiger partial charge in [-0.05, 0) is 47.9 Å². The number of hydrogen-bond donors (Lipinski definition) is 4. The van der Waals surface area contributed by atoms with E-state index < -0.39 is 30.8 Å². The van der Waals surface area contributed by atoms with Gasteiger partial charge in [-0.2, -0.15) is 0 Å². The second-order valence-electron chi connectivity index (χ2n) is 11.5. The van der Waals surface area contributed by atoms with Gasteiger partial charge in [-0.1, -0.05) is 139 Å². The molecule has 0 radical (unpaired) electrons. The Balaban J connectivity index is 2.36. The number of rotatable bonds is 22. The van der Waals surface area contributed by atoms with Crippen molar-refractivity contribution in [1.82, 2.24) is 0 Å². The fraction of sp³-hybridized carbons (Fsp3) is 0.657. The number of benzene rings is 2. The van der Waals surface area contributed by atoms with Gasteiger partial charge in [0.2, 0.25) is 0 Å². The lowest BCUT2D eigenvalue weighted by Crippen LogP contribution is -2.55. The number of aryl methyl sites for hydroxylation is 2. The van der Waals surface area contributed by atoms with E-state index in [0.717, 1.165) is 49.7 Å². The van der Waals surface area contributed by atoms with E-state index >= 15 is 0 Å². The van der Waals surface area contributed by atoms with Gasteiger partial charge in [0.15, 0.2) is 0 Å². The molecule has 0 aliphatic rings. The summed E-state index contributed by atoms with van der Waals surface area (Å²) in [7, 11) is 0. The summed E-state index contributed by atoms with van der Waals surface area (Å²) in [5.41, 5.74) is 0.124. The van der Waals surface area contributed by atoms with Crippen LogP contribution in [0.1, 0.15) is 126 Å². The molecule has 0 fully saturated rings. The summed E-state index contributed by atoms with van der Waals surface area (Å²) in [5, 5.41) is 44.5. The molecule has 0 saturated carbocycles. The Bertz CT molecular complexity index is 835. The van der Waals surface area contributed by atoms with E-state index in [4.69, 9.17) is 0 Å². The lowest BCUT2D eigenvalue weighted by atomic mass is 9.63. The zero-order valence-electron chi connectivity index (χ0n) is 24.8. The molecule has 0 saturated heterocycles. The van der Waals surface area contributed by atoms with Crippen molar-refractivity contribution in [3.8, 4) is 0 Å². The first-order chi connectivity index (χ1) is 19.0. The van der Waals surface area contributed by atoms with Crippen molar-refractivity contribution in [2.75, 3.05) is 19.8 Å². The van der Waals surface area contributed by atoms with E-state index in [1.807, 2.05) is 48.5 Å². The minimum Gasteiger partial charge on any atom is -0.395 e. The summed E-state index contributed by atoms with van der Waals surface area (Å²) >= 11 is 0. The Hall–Kier alpha value is -1.72. The standard InChI is InChI=1S/C35H56O4/c1-3-5-7-9-11-13-15-21-30-23-17-19-25-32(30)35(39,34(27-36,28-37)29-38)33-26-20-18-24-31(33)22-16-14-12-10-8-6-4-2/h17-20,23-26,36-39H,3-16,21-22,27-29H2,1-2H3. The quantitative estimate of drug-likeness (QED) is 0.117. The average Bonchev–Trinajstić information content (AvgIpc) is 2.97. The summed E-state index contributed by atoms with van der Waals surface area (Å²) in [6, 6.07) is 15.7. The highest BCUT2D eigenvalue weighted by Gasteiger charge is 2.53. The van der Waals surface area contributed by atoms with E-state index in [0.29, 0.717) is 11.1 Å². The second-order valence-corrected chi connectivity index (χ2v) is 11.5. The maximum Gasteiger partial charge on any atom is 0.127 e. The molecule has 4 nitrogen and oxygen atoms in total. The molecular weight excluding hydrogens is 484 g/mol. The molecule has 0 unspecified atom stereocenters. The highest BCUT2D eigenvalue weighted by Crippen LogP contribution is 2.47. The maximum atomic E-state index is 12.7. The highest BCUT2D eigenvalue weighted by atomic mass is 16.3. The first-order valence-corrected chi connectivity index (χ1v) is 15.8. The second kappa shape index (κ2) is 18.6. The SMILES string of the molecule is CCCCCCCCCc1ccccc1C(O)(c1ccccc1CCCCCCCCC)C(CO)(CO)CO. The molecule has 0 aliphatic carbocycles. The van der Waals surface area contributed by atoms with Gasteiger partial charge < -0.3 is 20.4 Å². The number of aliphatic hydroxyl groups is 4. The van der Waals surface area contributed by atoms with Crippen LogP contribution in [-0.4, -0.2) is 40.2 Å². The van der Waals surface area contributed by atoms with Crippen LogP contribution in [0.2, 0.25) is 0 Å². The van der Waals surface area contributed by atoms with Crippen LogP contribution in [0, 0.1) is 5.41 Å². The van der Waals surface area contributed by atoms with Crippen molar-refractivity contribution < 1.29 is 20.4 Å². The Morgan fingerprint density at radius 1 is 0.487 bits per heavy atom. The van der Waals surface area contributed by atoms with Gasteiger partial charge in [0.25, 0.3) is 0 Å².